The molecule has 0 heterocycles. The first-order valence-corrected chi connectivity index (χ1v) is 7.68. The van der Waals surface area contributed by atoms with Crippen LogP contribution in [0.2, 0.25) is 0 Å². The number of nitrogens with one attached hydrogen (secondary N) is 1. The number of nitrogens with zero attached hydrogens (tertiary/aromatic N) is 1. The van der Waals surface area contributed by atoms with Crippen LogP contribution < -0.4 is 5.32 Å². The van der Waals surface area contributed by atoms with Crippen LogP contribution in [0.5, 0.6) is 0 Å². The van der Waals surface area contributed by atoms with Crippen LogP contribution in [-0.2, 0) is 14.3 Å². The molecule has 1 aliphatic rings. The summed E-state index contributed by atoms with van der Waals surface area (Å²) in [5.41, 5.74) is 0. The van der Waals surface area contributed by atoms with Gasteiger partial charge in [0.15, 0.2) is 0 Å². The van der Waals surface area contributed by atoms with Crippen molar-refractivity contribution in [3.63, 3.8) is 0 Å². The fourth-order valence-electron chi connectivity index (χ4n) is 2.74. The molecule has 116 valence electrons. The molecule has 0 unspecified atom stereocenters. The average molecular weight is 284 g/mol. The predicted molar refractivity (Wildman–Crippen MR) is 78.4 cm³/mol. The fourth-order valence-corrected chi connectivity index (χ4v) is 2.74. The Morgan fingerprint density at radius 2 is 1.95 bits per heavy atom. The molecule has 0 aromatic carbocycles. The molecule has 1 rings (SSSR count). The third-order valence-electron chi connectivity index (χ3n) is 3.85. The van der Waals surface area contributed by atoms with Crippen LogP contribution in [-0.4, -0.2) is 49.6 Å². The maximum Gasteiger partial charge on any atom is 0.221 e. The Morgan fingerprint density at radius 1 is 1.25 bits per heavy atom. The van der Waals surface area contributed by atoms with Gasteiger partial charge >= 0.3 is 0 Å². The van der Waals surface area contributed by atoms with Gasteiger partial charge in [-0.3, -0.25) is 9.59 Å². The summed E-state index contributed by atoms with van der Waals surface area (Å²) in [5.74, 6) is 0.104. The van der Waals surface area contributed by atoms with Crippen LogP contribution in [0, 0.1) is 0 Å². The molecule has 1 fully saturated rings. The largest absolute Gasteiger partial charge is 0.385 e. The lowest BCUT2D eigenvalue weighted by atomic mass is 9.94. The molecule has 0 aromatic rings. The van der Waals surface area contributed by atoms with Crippen molar-refractivity contribution in [1.82, 2.24) is 10.2 Å². The van der Waals surface area contributed by atoms with Crippen molar-refractivity contribution >= 4 is 11.8 Å². The zero-order valence-electron chi connectivity index (χ0n) is 12.8. The second-order valence-corrected chi connectivity index (χ2v) is 5.45. The highest BCUT2D eigenvalue weighted by Gasteiger charge is 2.23. The topological polar surface area (TPSA) is 58.6 Å². The van der Waals surface area contributed by atoms with Crippen LogP contribution in [0.1, 0.15) is 51.9 Å². The lowest BCUT2D eigenvalue weighted by Crippen LogP contribution is -2.42. The monoisotopic (exact) mass is 284 g/mol. The number of amides is 2. The molecule has 1 aliphatic carbocycles. The van der Waals surface area contributed by atoms with Gasteiger partial charge in [0.25, 0.3) is 0 Å². The van der Waals surface area contributed by atoms with Gasteiger partial charge in [0.2, 0.25) is 11.8 Å². The summed E-state index contributed by atoms with van der Waals surface area (Å²) < 4.78 is 4.93. The average Bonchev–Trinajstić information content (AvgIpc) is 2.44. The van der Waals surface area contributed by atoms with Crippen molar-refractivity contribution in [2.24, 2.45) is 0 Å². The van der Waals surface area contributed by atoms with E-state index >= 15 is 0 Å². The molecule has 0 aromatic heterocycles. The van der Waals surface area contributed by atoms with Crippen molar-refractivity contribution in [1.29, 1.82) is 0 Å². The number of carbonyl (C=O) groups is 2. The summed E-state index contributed by atoms with van der Waals surface area (Å²) >= 11 is 0. The van der Waals surface area contributed by atoms with E-state index in [2.05, 4.69) is 5.32 Å². The SMILES string of the molecule is COCCCNC(=O)CCN(C(C)=O)C1CCCCC1. The van der Waals surface area contributed by atoms with Gasteiger partial charge in [0.05, 0.1) is 0 Å². The van der Waals surface area contributed by atoms with Crippen molar-refractivity contribution in [2.75, 3.05) is 26.8 Å². The second-order valence-electron chi connectivity index (χ2n) is 5.45. The third-order valence-corrected chi connectivity index (χ3v) is 3.85. The highest BCUT2D eigenvalue weighted by atomic mass is 16.5. The molecule has 2 amide bonds. The fraction of sp³-hybridized carbons (Fsp3) is 0.867. The predicted octanol–water partition coefficient (Wildman–Crippen LogP) is 1.71. The molecule has 1 N–H and O–H groups in total. The molecule has 20 heavy (non-hydrogen) atoms. The minimum absolute atomic E-state index is 0.0168. The molecular weight excluding hydrogens is 256 g/mol. The number of carbonyl (C=O) groups excluding carboxylic acids is 2. The quantitative estimate of drug-likeness (QED) is 0.690. The van der Waals surface area contributed by atoms with Gasteiger partial charge in [-0.1, -0.05) is 19.3 Å². The van der Waals surface area contributed by atoms with E-state index in [0.29, 0.717) is 32.2 Å². The number of hydrogen-bond donors (Lipinski definition) is 1. The Labute approximate surface area is 122 Å². The van der Waals surface area contributed by atoms with Gasteiger partial charge in [-0.2, -0.15) is 0 Å². The minimum Gasteiger partial charge on any atom is -0.385 e. The van der Waals surface area contributed by atoms with Crippen molar-refractivity contribution < 1.29 is 14.3 Å². The first kappa shape index (κ1) is 17.0. The van der Waals surface area contributed by atoms with E-state index in [1.54, 1.807) is 14.0 Å². The van der Waals surface area contributed by atoms with Gasteiger partial charge < -0.3 is 15.0 Å². The second kappa shape index (κ2) is 9.75. The van der Waals surface area contributed by atoms with Crippen LogP contribution in [0.4, 0.5) is 0 Å². The summed E-state index contributed by atoms with van der Waals surface area (Å²) in [6.45, 7) is 3.43. The summed E-state index contributed by atoms with van der Waals surface area (Å²) in [6.07, 6.45) is 7.02. The van der Waals surface area contributed by atoms with E-state index in [-0.39, 0.29) is 11.8 Å². The van der Waals surface area contributed by atoms with Gasteiger partial charge in [0.1, 0.15) is 0 Å². The number of ether oxygens (including phenoxy) is 1. The first-order chi connectivity index (χ1) is 9.65. The number of hydrogen-bond acceptors (Lipinski definition) is 3. The zero-order valence-corrected chi connectivity index (χ0v) is 12.8. The van der Waals surface area contributed by atoms with Gasteiger partial charge in [-0.25, -0.2) is 0 Å². The molecule has 5 nitrogen and oxygen atoms in total. The molecule has 0 spiro atoms. The highest BCUT2D eigenvalue weighted by Crippen LogP contribution is 2.22. The molecular formula is C15H28N2O3. The van der Waals surface area contributed by atoms with Gasteiger partial charge in [0, 0.05) is 46.2 Å². The van der Waals surface area contributed by atoms with Crippen LogP contribution in [0.3, 0.4) is 0 Å². The van der Waals surface area contributed by atoms with Crippen molar-refractivity contribution in [2.45, 2.75) is 57.9 Å². The molecule has 1 saturated carbocycles. The standard InChI is InChI=1S/C15H28N2O3/c1-13(18)17(14-7-4-3-5-8-14)11-9-15(19)16-10-6-12-20-2/h14H,3-12H2,1-2H3,(H,16,19). The molecule has 5 heteroatoms. The normalized spacial score (nSPS) is 15.9. The summed E-state index contributed by atoms with van der Waals surface area (Å²) in [5, 5.41) is 2.86. The zero-order chi connectivity index (χ0) is 14.8. The Kier molecular flexibility index (Phi) is 8.26. The molecule has 0 bridgehead atoms. The molecule has 0 radical (unpaired) electrons. The Bertz CT molecular complexity index is 301. The lowest BCUT2D eigenvalue weighted by molar-refractivity contribution is -0.132. The van der Waals surface area contributed by atoms with Crippen molar-refractivity contribution in [3.05, 3.63) is 0 Å². The van der Waals surface area contributed by atoms with E-state index in [4.69, 9.17) is 4.74 Å². The Hall–Kier alpha value is -1.10. The first-order valence-electron chi connectivity index (χ1n) is 7.68. The Morgan fingerprint density at radius 3 is 2.55 bits per heavy atom. The maximum atomic E-state index is 11.7. The van der Waals surface area contributed by atoms with Crippen LogP contribution >= 0.6 is 0 Å². The summed E-state index contributed by atoms with van der Waals surface area (Å²) in [6, 6.07) is 0.336. The van der Waals surface area contributed by atoms with Gasteiger partial charge in [-0.05, 0) is 19.3 Å². The van der Waals surface area contributed by atoms with E-state index in [1.165, 1.54) is 19.3 Å². The lowest BCUT2D eigenvalue weighted by Gasteiger charge is -2.33. The number of methoxy groups -OCH3 is 1. The van der Waals surface area contributed by atoms with E-state index < -0.39 is 0 Å². The summed E-state index contributed by atoms with van der Waals surface area (Å²) in [4.78, 5) is 25.3. The number of rotatable bonds is 8. The minimum atomic E-state index is 0.0168. The molecule has 0 atom stereocenters. The maximum absolute atomic E-state index is 11.7. The molecule has 0 aliphatic heterocycles. The smallest absolute Gasteiger partial charge is 0.221 e. The van der Waals surface area contributed by atoms with Crippen LogP contribution in [0.25, 0.3) is 0 Å². The Balaban J connectivity index is 2.27. The van der Waals surface area contributed by atoms with Crippen molar-refractivity contribution in [3.8, 4) is 0 Å². The summed E-state index contributed by atoms with van der Waals surface area (Å²) in [7, 11) is 1.65. The van der Waals surface area contributed by atoms with Gasteiger partial charge in [-0.15, -0.1) is 0 Å². The van der Waals surface area contributed by atoms with E-state index in [9.17, 15) is 9.59 Å². The van der Waals surface area contributed by atoms with E-state index in [1.807, 2.05) is 4.90 Å². The molecule has 0 saturated heterocycles. The van der Waals surface area contributed by atoms with E-state index in [0.717, 1.165) is 19.3 Å². The van der Waals surface area contributed by atoms with Crippen LogP contribution in [0.15, 0.2) is 0 Å². The highest BCUT2D eigenvalue weighted by molar-refractivity contribution is 5.78. The third kappa shape index (κ3) is 6.37.